The van der Waals surface area contributed by atoms with E-state index in [4.69, 9.17) is 0 Å². The predicted octanol–water partition coefficient (Wildman–Crippen LogP) is 2.18. The summed E-state index contributed by atoms with van der Waals surface area (Å²) in [7, 11) is 0. The van der Waals surface area contributed by atoms with Crippen molar-refractivity contribution in [1.29, 1.82) is 0 Å². The number of nitrogens with zero attached hydrogens (tertiary/aromatic N) is 3. The lowest BCUT2D eigenvalue weighted by atomic mass is 10.2. The molecule has 3 rings (SSSR count). The van der Waals surface area contributed by atoms with Crippen LogP contribution in [-0.4, -0.2) is 52.8 Å². The van der Waals surface area contributed by atoms with E-state index in [2.05, 4.69) is 4.98 Å². The van der Waals surface area contributed by atoms with Crippen molar-refractivity contribution in [3.05, 3.63) is 41.2 Å². The molecule has 7 heteroatoms. The van der Waals surface area contributed by atoms with E-state index in [0.29, 0.717) is 42.4 Å². The third-order valence-corrected chi connectivity index (χ3v) is 4.97. The summed E-state index contributed by atoms with van der Waals surface area (Å²) < 4.78 is 13.3. The maximum Gasteiger partial charge on any atom is 0.228 e. The van der Waals surface area contributed by atoms with Gasteiger partial charge in [0, 0.05) is 44.0 Å². The summed E-state index contributed by atoms with van der Waals surface area (Å²) in [5.41, 5.74) is 1.41. The van der Waals surface area contributed by atoms with E-state index >= 15 is 0 Å². The van der Waals surface area contributed by atoms with E-state index in [0.717, 1.165) is 0 Å². The summed E-state index contributed by atoms with van der Waals surface area (Å²) in [6.45, 7) is 3.80. The first-order valence-electron chi connectivity index (χ1n) is 7.76. The molecule has 0 saturated carbocycles. The van der Waals surface area contributed by atoms with Crippen LogP contribution in [0.3, 0.4) is 0 Å². The van der Waals surface area contributed by atoms with Crippen molar-refractivity contribution in [1.82, 2.24) is 14.8 Å². The molecule has 1 fully saturated rings. The Labute approximate surface area is 143 Å². The second-order valence-corrected chi connectivity index (χ2v) is 6.58. The molecule has 1 aliphatic rings. The number of carbonyl (C=O) groups is 2. The van der Waals surface area contributed by atoms with E-state index in [1.165, 1.54) is 23.5 Å². The molecule has 0 aliphatic carbocycles. The predicted molar refractivity (Wildman–Crippen MR) is 90.0 cm³/mol. The van der Waals surface area contributed by atoms with Gasteiger partial charge >= 0.3 is 0 Å². The number of amides is 2. The number of carbonyl (C=O) groups excluding carboxylic acids is 2. The van der Waals surface area contributed by atoms with Gasteiger partial charge in [-0.3, -0.25) is 9.59 Å². The van der Waals surface area contributed by atoms with Gasteiger partial charge < -0.3 is 9.80 Å². The molecule has 5 nitrogen and oxygen atoms in total. The van der Waals surface area contributed by atoms with Crippen LogP contribution in [-0.2, 0) is 16.0 Å². The normalized spacial score (nSPS) is 14.8. The molecular weight excluding hydrogens is 329 g/mol. The molecule has 0 unspecified atom stereocenters. The Morgan fingerprint density at radius 2 is 1.92 bits per heavy atom. The standard InChI is InChI=1S/C17H18FN3O2S/c1-12(22)20-5-7-21(8-6-20)16(23)10-15-11-24-17(19-15)13-3-2-4-14(18)9-13/h2-4,9,11H,5-8,10H2,1H3. The van der Waals surface area contributed by atoms with Crippen LogP contribution >= 0.6 is 11.3 Å². The Hall–Kier alpha value is -2.28. The average Bonchev–Trinajstić information content (AvgIpc) is 3.03. The molecule has 1 aliphatic heterocycles. The maximum atomic E-state index is 13.3. The number of hydrogen-bond acceptors (Lipinski definition) is 4. The SMILES string of the molecule is CC(=O)N1CCN(C(=O)Cc2csc(-c3cccc(F)c3)n2)CC1. The van der Waals surface area contributed by atoms with Crippen LogP contribution in [0.25, 0.3) is 10.6 Å². The fraction of sp³-hybridized carbons (Fsp3) is 0.353. The first-order chi connectivity index (χ1) is 11.5. The monoisotopic (exact) mass is 347 g/mol. The molecule has 24 heavy (non-hydrogen) atoms. The fourth-order valence-corrected chi connectivity index (χ4v) is 3.50. The number of rotatable bonds is 3. The van der Waals surface area contributed by atoms with Gasteiger partial charge in [0.05, 0.1) is 12.1 Å². The summed E-state index contributed by atoms with van der Waals surface area (Å²) in [5.74, 6) is -0.251. The summed E-state index contributed by atoms with van der Waals surface area (Å²) in [4.78, 5) is 31.6. The molecule has 0 atom stereocenters. The summed E-state index contributed by atoms with van der Waals surface area (Å²) in [6.07, 6.45) is 0.228. The van der Waals surface area contributed by atoms with Crippen LogP contribution in [0.4, 0.5) is 4.39 Å². The highest BCUT2D eigenvalue weighted by molar-refractivity contribution is 7.13. The second-order valence-electron chi connectivity index (χ2n) is 5.72. The number of halogens is 1. The summed E-state index contributed by atoms with van der Waals surface area (Å²) >= 11 is 1.40. The van der Waals surface area contributed by atoms with Crippen LogP contribution in [0.2, 0.25) is 0 Å². The minimum atomic E-state index is -0.302. The molecular formula is C17H18FN3O2S. The highest BCUT2D eigenvalue weighted by Gasteiger charge is 2.23. The smallest absolute Gasteiger partial charge is 0.228 e. The number of hydrogen-bond donors (Lipinski definition) is 0. The molecule has 2 aromatic rings. The molecule has 0 bridgehead atoms. The lowest BCUT2D eigenvalue weighted by Gasteiger charge is -2.34. The lowest BCUT2D eigenvalue weighted by Crippen LogP contribution is -2.50. The van der Waals surface area contributed by atoms with Crippen molar-refractivity contribution in [2.75, 3.05) is 26.2 Å². The van der Waals surface area contributed by atoms with Crippen molar-refractivity contribution in [2.24, 2.45) is 0 Å². The van der Waals surface area contributed by atoms with Crippen LogP contribution in [0.5, 0.6) is 0 Å². The van der Waals surface area contributed by atoms with E-state index in [9.17, 15) is 14.0 Å². The van der Waals surface area contributed by atoms with Crippen LogP contribution < -0.4 is 0 Å². The van der Waals surface area contributed by atoms with E-state index < -0.39 is 0 Å². The van der Waals surface area contributed by atoms with Crippen LogP contribution in [0, 0.1) is 5.82 Å². The van der Waals surface area contributed by atoms with E-state index in [-0.39, 0.29) is 24.1 Å². The minimum Gasteiger partial charge on any atom is -0.339 e. The third kappa shape index (κ3) is 3.79. The molecule has 0 N–H and O–H groups in total. The molecule has 1 saturated heterocycles. The quantitative estimate of drug-likeness (QED) is 0.855. The molecule has 2 amide bonds. The van der Waals surface area contributed by atoms with Crippen molar-refractivity contribution in [2.45, 2.75) is 13.3 Å². The summed E-state index contributed by atoms with van der Waals surface area (Å²) in [6, 6.07) is 6.27. The van der Waals surface area contributed by atoms with Gasteiger partial charge in [-0.2, -0.15) is 0 Å². The van der Waals surface area contributed by atoms with Gasteiger partial charge in [0.1, 0.15) is 10.8 Å². The van der Waals surface area contributed by atoms with Crippen molar-refractivity contribution < 1.29 is 14.0 Å². The van der Waals surface area contributed by atoms with Crippen molar-refractivity contribution in [3.8, 4) is 10.6 Å². The van der Waals surface area contributed by atoms with Gasteiger partial charge in [0.25, 0.3) is 0 Å². The van der Waals surface area contributed by atoms with Gasteiger partial charge in [-0.25, -0.2) is 9.37 Å². The van der Waals surface area contributed by atoms with Gasteiger partial charge in [-0.15, -0.1) is 11.3 Å². The number of thiazole rings is 1. The molecule has 126 valence electrons. The van der Waals surface area contributed by atoms with Gasteiger partial charge in [-0.1, -0.05) is 12.1 Å². The maximum absolute atomic E-state index is 13.3. The molecule has 0 radical (unpaired) electrons. The fourth-order valence-electron chi connectivity index (χ4n) is 2.68. The van der Waals surface area contributed by atoms with E-state index in [1.54, 1.807) is 28.9 Å². The average molecular weight is 347 g/mol. The Morgan fingerprint density at radius 3 is 2.58 bits per heavy atom. The van der Waals surface area contributed by atoms with Crippen molar-refractivity contribution in [3.63, 3.8) is 0 Å². The van der Waals surface area contributed by atoms with Gasteiger partial charge in [0.15, 0.2) is 0 Å². The first-order valence-corrected chi connectivity index (χ1v) is 8.64. The highest BCUT2D eigenvalue weighted by Crippen LogP contribution is 2.24. The molecule has 1 aromatic carbocycles. The van der Waals surface area contributed by atoms with Gasteiger partial charge in [0.2, 0.25) is 11.8 Å². The van der Waals surface area contributed by atoms with Gasteiger partial charge in [-0.05, 0) is 12.1 Å². The zero-order valence-electron chi connectivity index (χ0n) is 13.4. The topological polar surface area (TPSA) is 53.5 Å². The number of aromatic nitrogens is 1. The molecule has 1 aromatic heterocycles. The molecule has 2 heterocycles. The number of piperazine rings is 1. The highest BCUT2D eigenvalue weighted by atomic mass is 32.1. The second kappa shape index (κ2) is 7.09. The number of benzene rings is 1. The Balaban J connectivity index is 1.61. The first kappa shape index (κ1) is 16.6. The zero-order valence-corrected chi connectivity index (χ0v) is 14.2. The third-order valence-electron chi connectivity index (χ3n) is 4.03. The lowest BCUT2D eigenvalue weighted by molar-refractivity contribution is -0.138. The van der Waals surface area contributed by atoms with Crippen LogP contribution in [0.1, 0.15) is 12.6 Å². The van der Waals surface area contributed by atoms with Crippen LogP contribution in [0.15, 0.2) is 29.6 Å². The Bertz CT molecular complexity index is 754. The largest absolute Gasteiger partial charge is 0.339 e. The summed E-state index contributed by atoms with van der Waals surface area (Å²) in [5, 5.41) is 2.54. The molecule has 0 spiro atoms. The Morgan fingerprint density at radius 1 is 1.21 bits per heavy atom. The van der Waals surface area contributed by atoms with E-state index in [1.807, 2.05) is 5.38 Å². The van der Waals surface area contributed by atoms with Crippen molar-refractivity contribution >= 4 is 23.2 Å². The minimum absolute atomic E-state index is 0.00861. The zero-order chi connectivity index (χ0) is 17.1. The Kier molecular flexibility index (Phi) is 4.89.